The summed E-state index contributed by atoms with van der Waals surface area (Å²) in [6.07, 6.45) is 9.76. The summed E-state index contributed by atoms with van der Waals surface area (Å²) in [6, 6.07) is 0.359. The van der Waals surface area contributed by atoms with Crippen molar-refractivity contribution in [1.29, 1.82) is 0 Å². The maximum atomic E-state index is 14.6. The van der Waals surface area contributed by atoms with Gasteiger partial charge < -0.3 is 42.8 Å². The fraction of sp³-hybridized carbons (Fsp3) is 0.860. The Hall–Kier alpha value is -1.70. The average molecular weight is 760 g/mol. The number of hydrogen-bond acceptors (Lipinski definition) is 11. The van der Waals surface area contributed by atoms with Crippen LogP contribution in [0, 0.1) is 35.5 Å². The van der Waals surface area contributed by atoms with Crippen molar-refractivity contribution in [3.8, 4) is 0 Å². The van der Waals surface area contributed by atoms with E-state index in [1.54, 1.807) is 21.3 Å². The van der Waals surface area contributed by atoms with Crippen LogP contribution in [-0.2, 0) is 47.5 Å². The van der Waals surface area contributed by atoms with Crippen molar-refractivity contribution in [3.63, 3.8) is 0 Å². The summed E-state index contributed by atoms with van der Waals surface area (Å²) in [5.41, 5.74) is 2.11. The Morgan fingerprint density at radius 1 is 0.778 bits per heavy atom. The van der Waals surface area contributed by atoms with E-state index in [9.17, 15) is 9.59 Å². The summed E-state index contributed by atoms with van der Waals surface area (Å²) < 4.78 is 49.7. The molecule has 3 aliphatic carbocycles. The van der Waals surface area contributed by atoms with Crippen molar-refractivity contribution in [2.45, 2.75) is 166 Å². The molecule has 0 amide bonds. The first-order valence-electron chi connectivity index (χ1n) is 20.9. The molecule has 6 rings (SSSR count). The predicted octanol–water partition coefficient (Wildman–Crippen LogP) is 6.27. The molecule has 6 aliphatic rings. The van der Waals surface area contributed by atoms with Gasteiger partial charge in [0.1, 0.15) is 24.4 Å². The number of cyclic esters (lactones) is 1. The second kappa shape index (κ2) is 18.3. The molecular formula is C43H69NO10. The van der Waals surface area contributed by atoms with Crippen LogP contribution in [-0.4, -0.2) is 120 Å². The van der Waals surface area contributed by atoms with Gasteiger partial charge in [0.05, 0.1) is 30.8 Å². The highest BCUT2D eigenvalue weighted by atomic mass is 16.7. The first-order valence-corrected chi connectivity index (χ1v) is 20.9. The third-order valence-corrected chi connectivity index (χ3v) is 13.8. The topological polar surface area (TPSA) is 111 Å². The van der Waals surface area contributed by atoms with Gasteiger partial charge in [-0.15, -0.1) is 0 Å². The lowest BCUT2D eigenvalue weighted by atomic mass is 9.67. The van der Waals surface area contributed by atoms with Crippen LogP contribution in [0.4, 0.5) is 0 Å². The maximum absolute atomic E-state index is 14.6. The quantitative estimate of drug-likeness (QED) is 0.196. The van der Waals surface area contributed by atoms with Gasteiger partial charge in [-0.2, -0.15) is 0 Å². The van der Waals surface area contributed by atoms with Crippen molar-refractivity contribution >= 4 is 11.8 Å². The highest BCUT2D eigenvalue weighted by Crippen LogP contribution is 2.56. The monoisotopic (exact) mass is 759 g/mol. The van der Waals surface area contributed by atoms with Crippen LogP contribution in [0.15, 0.2) is 23.3 Å². The third kappa shape index (κ3) is 8.89. The Bertz CT molecular complexity index is 1350. The molecule has 4 fully saturated rings. The molecule has 0 radical (unpaired) electrons. The fourth-order valence-electron chi connectivity index (χ4n) is 11.0. The normalized spacial score (nSPS) is 44.9. The van der Waals surface area contributed by atoms with E-state index < -0.39 is 12.4 Å². The second-order valence-corrected chi connectivity index (χ2v) is 17.4. The Balaban J connectivity index is 1.21. The van der Waals surface area contributed by atoms with Gasteiger partial charge in [0, 0.05) is 39.2 Å². The SMILES string of the molecule is CC[C@@H]1CCCC(O[C@H]2CC[C@H](N(C)C)[C@@H](C)O2)C[C@@H](C)C(=O)C2=C[C@H]3[C@@H]4C[C@H](OC5O[C@@H](C)[C@H](OC)[C@@H](OC)[C@H]5OC)C[C@H]4C(C)=C[C@H]3C2CC(=O)O1. The highest BCUT2D eigenvalue weighted by molar-refractivity contribution is 5.98. The summed E-state index contributed by atoms with van der Waals surface area (Å²) in [5, 5.41) is 0. The van der Waals surface area contributed by atoms with Crippen LogP contribution >= 0.6 is 0 Å². The van der Waals surface area contributed by atoms with E-state index in [2.05, 4.69) is 51.9 Å². The zero-order valence-electron chi connectivity index (χ0n) is 34.6. The molecule has 54 heavy (non-hydrogen) atoms. The number of Topliss-reactive ketones (excluding diaryl/α,β-unsaturated/α-hetero) is 1. The fourth-order valence-corrected chi connectivity index (χ4v) is 11.0. The third-order valence-electron chi connectivity index (χ3n) is 13.8. The summed E-state index contributed by atoms with van der Waals surface area (Å²) in [6.45, 7) is 10.4. The molecule has 306 valence electrons. The Kier molecular flexibility index (Phi) is 14.2. The van der Waals surface area contributed by atoms with Crippen molar-refractivity contribution in [2.24, 2.45) is 35.5 Å². The van der Waals surface area contributed by atoms with E-state index in [-0.39, 0.29) is 96.8 Å². The second-order valence-electron chi connectivity index (χ2n) is 17.4. The molecule has 0 aromatic heterocycles. The minimum Gasteiger partial charge on any atom is -0.462 e. The standard InChI is InChI=1S/C43H69NO10/c1-11-27-13-12-14-28(53-38-16-15-36(44(6)7)25(4)50-38)17-24(3)39(46)35-21-33-31(34(35)22-37(45)52-27)18-23(2)30-19-29(20-32(30)33)54-43-42(49-10)41(48-9)40(47-8)26(5)51-43/h18,21,24-34,36,38,40-43H,11-17,19-20,22H2,1-10H3/t24-,25-,26+,27-,28?,29-,30+,31-,32-,33-,34?,36+,38+,40+,41-,42-,43?/m1/s1. The van der Waals surface area contributed by atoms with Gasteiger partial charge in [-0.25, -0.2) is 0 Å². The molecule has 0 aromatic carbocycles. The Morgan fingerprint density at radius 2 is 1.52 bits per heavy atom. The van der Waals surface area contributed by atoms with Gasteiger partial charge in [0.25, 0.3) is 0 Å². The van der Waals surface area contributed by atoms with Crippen LogP contribution in [0.3, 0.4) is 0 Å². The van der Waals surface area contributed by atoms with Crippen LogP contribution in [0.25, 0.3) is 0 Å². The largest absolute Gasteiger partial charge is 0.462 e. The molecule has 0 N–H and O–H groups in total. The van der Waals surface area contributed by atoms with E-state index >= 15 is 0 Å². The lowest BCUT2D eigenvalue weighted by molar-refractivity contribution is -0.314. The van der Waals surface area contributed by atoms with Crippen molar-refractivity contribution in [3.05, 3.63) is 23.3 Å². The summed E-state index contributed by atoms with van der Waals surface area (Å²) >= 11 is 0. The molecule has 0 aromatic rings. The van der Waals surface area contributed by atoms with Crippen molar-refractivity contribution in [2.75, 3.05) is 35.4 Å². The minimum absolute atomic E-state index is 0.0529. The van der Waals surface area contributed by atoms with Crippen LogP contribution < -0.4 is 0 Å². The number of ether oxygens (including phenoxy) is 8. The summed E-state index contributed by atoms with van der Waals surface area (Å²) in [5.74, 6) is 0.247. The Labute approximate surface area is 324 Å². The maximum Gasteiger partial charge on any atom is 0.306 e. The number of carbonyl (C=O) groups is 2. The summed E-state index contributed by atoms with van der Waals surface area (Å²) in [7, 11) is 9.18. The average Bonchev–Trinajstić information content (AvgIpc) is 3.71. The zero-order valence-corrected chi connectivity index (χ0v) is 34.6. The van der Waals surface area contributed by atoms with Gasteiger partial charge in [0.15, 0.2) is 18.4 Å². The molecule has 0 bridgehead atoms. The predicted molar refractivity (Wildman–Crippen MR) is 203 cm³/mol. The number of methoxy groups -OCH3 is 3. The Morgan fingerprint density at radius 3 is 2.19 bits per heavy atom. The van der Waals surface area contributed by atoms with E-state index in [0.29, 0.717) is 18.4 Å². The van der Waals surface area contributed by atoms with Crippen molar-refractivity contribution in [1.82, 2.24) is 4.90 Å². The van der Waals surface area contributed by atoms with E-state index in [0.717, 1.165) is 56.9 Å². The molecule has 11 heteroatoms. The van der Waals surface area contributed by atoms with Crippen molar-refractivity contribution < 1.29 is 47.5 Å². The number of esters is 1. The van der Waals surface area contributed by atoms with Crippen LogP contribution in [0.2, 0.25) is 0 Å². The number of carbonyl (C=O) groups excluding carboxylic acids is 2. The van der Waals surface area contributed by atoms with E-state index in [4.69, 9.17) is 37.9 Å². The lowest BCUT2D eigenvalue weighted by Gasteiger charge is -2.44. The molecule has 1 saturated carbocycles. The summed E-state index contributed by atoms with van der Waals surface area (Å²) in [4.78, 5) is 30.5. The molecule has 3 saturated heterocycles. The van der Waals surface area contributed by atoms with Gasteiger partial charge >= 0.3 is 5.97 Å². The van der Waals surface area contributed by atoms with Gasteiger partial charge in [0.2, 0.25) is 0 Å². The highest BCUT2D eigenvalue weighted by Gasteiger charge is 2.53. The number of rotatable bonds is 9. The number of likely N-dealkylation sites (N-methyl/N-ethyl adjacent to an activating group) is 1. The molecule has 3 unspecified atom stereocenters. The van der Waals surface area contributed by atoms with E-state index in [1.165, 1.54) is 5.57 Å². The molecular weight excluding hydrogens is 690 g/mol. The molecule has 3 heterocycles. The van der Waals surface area contributed by atoms with Crippen LogP contribution in [0.5, 0.6) is 0 Å². The molecule has 3 aliphatic heterocycles. The smallest absolute Gasteiger partial charge is 0.306 e. The molecule has 17 atom stereocenters. The number of fused-ring (bicyclic) bond motifs is 5. The number of ketones is 1. The first-order chi connectivity index (χ1) is 25.9. The number of hydrogen-bond donors (Lipinski definition) is 0. The van der Waals surface area contributed by atoms with Gasteiger partial charge in [-0.05, 0) is 122 Å². The first kappa shape index (κ1) is 41.9. The van der Waals surface area contributed by atoms with Crippen LogP contribution in [0.1, 0.15) is 98.8 Å². The minimum atomic E-state index is -0.594. The lowest BCUT2D eigenvalue weighted by Crippen LogP contribution is -2.59. The van der Waals surface area contributed by atoms with Gasteiger partial charge in [-0.1, -0.05) is 31.6 Å². The van der Waals surface area contributed by atoms with Gasteiger partial charge in [-0.3, -0.25) is 9.59 Å². The number of allylic oxidation sites excluding steroid dienone is 4. The zero-order chi connectivity index (χ0) is 38.8. The molecule has 11 nitrogen and oxygen atoms in total. The number of nitrogens with zero attached hydrogens (tertiary/aromatic N) is 1. The molecule has 0 spiro atoms. The van der Waals surface area contributed by atoms with E-state index in [1.807, 2.05) is 13.8 Å².